The number of carbonyl (C=O) groups excluding carboxylic acids is 1. The van der Waals surface area contributed by atoms with Gasteiger partial charge in [-0.1, -0.05) is 26.2 Å². The lowest BCUT2D eigenvalue weighted by atomic mass is 9.84. The third-order valence-electron chi connectivity index (χ3n) is 5.32. The maximum absolute atomic E-state index is 12.9. The quantitative estimate of drug-likeness (QED) is 0.648. The van der Waals surface area contributed by atoms with E-state index < -0.39 is 30.1 Å². The monoisotopic (exact) mass is 340 g/mol. The van der Waals surface area contributed by atoms with Crippen molar-refractivity contribution in [1.82, 2.24) is 10.2 Å². The summed E-state index contributed by atoms with van der Waals surface area (Å²) in [7, 11) is 0. The van der Waals surface area contributed by atoms with Gasteiger partial charge in [-0.15, -0.1) is 0 Å². The van der Waals surface area contributed by atoms with Gasteiger partial charge in [0.2, 0.25) is 5.91 Å². The van der Waals surface area contributed by atoms with E-state index in [1.165, 1.54) is 4.90 Å². The molecule has 1 aliphatic carbocycles. The highest BCUT2D eigenvalue weighted by Gasteiger charge is 2.48. The van der Waals surface area contributed by atoms with Crippen LogP contribution in [0.15, 0.2) is 0 Å². The predicted molar refractivity (Wildman–Crippen MR) is 87.6 cm³/mol. The summed E-state index contributed by atoms with van der Waals surface area (Å²) < 4.78 is 0. The molecule has 136 valence electrons. The molecule has 0 aromatic rings. The van der Waals surface area contributed by atoms with Crippen LogP contribution in [0.2, 0.25) is 0 Å². The van der Waals surface area contributed by atoms with Crippen molar-refractivity contribution < 1.29 is 24.6 Å². The summed E-state index contributed by atoms with van der Waals surface area (Å²) >= 11 is 0. The van der Waals surface area contributed by atoms with Crippen molar-refractivity contribution >= 4 is 17.8 Å². The number of carboxylic acids is 2. The maximum atomic E-state index is 12.9. The Kier molecular flexibility index (Phi) is 6.21. The van der Waals surface area contributed by atoms with Gasteiger partial charge < -0.3 is 15.1 Å². The van der Waals surface area contributed by atoms with Crippen LogP contribution >= 0.6 is 0 Å². The summed E-state index contributed by atoms with van der Waals surface area (Å²) in [5.41, 5.74) is 0. The number of amides is 1. The summed E-state index contributed by atoms with van der Waals surface area (Å²) in [6.45, 7) is 3.51. The molecule has 0 radical (unpaired) electrons. The molecule has 1 amide bonds. The fraction of sp³-hybridized carbons (Fsp3) is 0.824. The van der Waals surface area contributed by atoms with E-state index in [0.29, 0.717) is 19.3 Å². The molecule has 0 aromatic heterocycles. The van der Waals surface area contributed by atoms with Crippen molar-refractivity contribution in [2.75, 3.05) is 0 Å². The van der Waals surface area contributed by atoms with E-state index in [1.54, 1.807) is 6.92 Å². The van der Waals surface area contributed by atoms with Gasteiger partial charge in [0.1, 0.15) is 12.1 Å². The molecule has 5 atom stereocenters. The molecular weight excluding hydrogens is 312 g/mol. The number of aliphatic carboxylic acids is 2. The van der Waals surface area contributed by atoms with E-state index in [9.17, 15) is 24.6 Å². The molecule has 0 spiro atoms. The minimum atomic E-state index is -0.983. The van der Waals surface area contributed by atoms with Crippen molar-refractivity contribution in [2.45, 2.75) is 83.0 Å². The highest BCUT2D eigenvalue weighted by Crippen LogP contribution is 2.40. The van der Waals surface area contributed by atoms with Gasteiger partial charge in [0.25, 0.3) is 0 Å². The van der Waals surface area contributed by atoms with Crippen LogP contribution in [0.25, 0.3) is 0 Å². The molecule has 0 aromatic carbocycles. The zero-order valence-corrected chi connectivity index (χ0v) is 14.4. The normalized spacial score (nSPS) is 28.9. The van der Waals surface area contributed by atoms with Gasteiger partial charge in [-0.25, -0.2) is 4.79 Å². The molecule has 7 nitrogen and oxygen atoms in total. The van der Waals surface area contributed by atoms with Gasteiger partial charge in [0.15, 0.2) is 0 Å². The highest BCUT2D eigenvalue weighted by atomic mass is 16.4. The number of carbonyl (C=O) groups is 3. The lowest BCUT2D eigenvalue weighted by Gasteiger charge is -2.35. The number of hydrogen-bond donors (Lipinski definition) is 3. The Balaban J connectivity index is 2.12. The van der Waals surface area contributed by atoms with E-state index in [-0.39, 0.29) is 17.9 Å². The summed E-state index contributed by atoms with van der Waals surface area (Å²) in [5.74, 6) is -1.99. The molecule has 24 heavy (non-hydrogen) atoms. The van der Waals surface area contributed by atoms with E-state index >= 15 is 0 Å². The second-order valence-corrected chi connectivity index (χ2v) is 7.01. The molecule has 3 N–H and O–H groups in total. The van der Waals surface area contributed by atoms with E-state index in [1.807, 2.05) is 6.92 Å². The van der Waals surface area contributed by atoms with Crippen LogP contribution in [-0.4, -0.2) is 57.1 Å². The first-order valence-corrected chi connectivity index (χ1v) is 8.90. The van der Waals surface area contributed by atoms with Crippen LogP contribution in [0.5, 0.6) is 0 Å². The fourth-order valence-electron chi connectivity index (χ4n) is 4.16. The van der Waals surface area contributed by atoms with Gasteiger partial charge in [0, 0.05) is 6.04 Å². The first kappa shape index (κ1) is 18.7. The Morgan fingerprint density at radius 3 is 2.46 bits per heavy atom. The Labute approximate surface area is 142 Å². The number of nitrogens with one attached hydrogen (secondary N) is 1. The third-order valence-corrected chi connectivity index (χ3v) is 5.32. The second-order valence-electron chi connectivity index (χ2n) is 7.01. The largest absolute Gasteiger partial charge is 0.480 e. The zero-order valence-electron chi connectivity index (χ0n) is 14.4. The van der Waals surface area contributed by atoms with Crippen LogP contribution in [0.3, 0.4) is 0 Å². The highest BCUT2D eigenvalue weighted by molar-refractivity contribution is 5.88. The topological polar surface area (TPSA) is 107 Å². The van der Waals surface area contributed by atoms with Crippen LogP contribution in [-0.2, 0) is 14.4 Å². The first-order valence-electron chi connectivity index (χ1n) is 8.90. The van der Waals surface area contributed by atoms with Gasteiger partial charge in [-0.05, 0) is 38.5 Å². The SMILES string of the molecule is CCC[C@H](NC(C)C(=O)N1C(C(=O)O)C[C@@H]2CCCC[C@@H]21)C(=O)O. The Morgan fingerprint density at radius 1 is 1.21 bits per heavy atom. The summed E-state index contributed by atoms with van der Waals surface area (Å²) in [6.07, 6.45) is 5.53. The smallest absolute Gasteiger partial charge is 0.326 e. The molecule has 1 heterocycles. The van der Waals surface area contributed by atoms with Crippen LogP contribution in [0, 0.1) is 5.92 Å². The van der Waals surface area contributed by atoms with E-state index in [2.05, 4.69) is 5.32 Å². The minimum absolute atomic E-state index is 0.0222. The number of nitrogens with zero attached hydrogens (tertiary/aromatic N) is 1. The molecule has 1 saturated carbocycles. The minimum Gasteiger partial charge on any atom is -0.480 e. The number of fused-ring (bicyclic) bond motifs is 1. The average molecular weight is 340 g/mol. The van der Waals surface area contributed by atoms with Crippen LogP contribution in [0.1, 0.15) is 58.8 Å². The van der Waals surface area contributed by atoms with Gasteiger partial charge in [-0.2, -0.15) is 0 Å². The van der Waals surface area contributed by atoms with Crippen molar-refractivity contribution in [3.05, 3.63) is 0 Å². The molecule has 1 aliphatic heterocycles. The summed E-state index contributed by atoms with van der Waals surface area (Å²) in [4.78, 5) is 37.3. The van der Waals surface area contributed by atoms with E-state index in [0.717, 1.165) is 25.7 Å². The standard InChI is InChI=1S/C17H28N2O5/c1-3-6-12(16(21)22)18-10(2)15(20)19-13-8-5-4-7-11(13)9-14(19)17(23)24/h10-14,18H,3-9H2,1-2H3,(H,21,22)(H,23,24)/t10?,11-,12-,13-,14?/m0/s1. The van der Waals surface area contributed by atoms with Crippen molar-refractivity contribution in [3.63, 3.8) is 0 Å². The average Bonchev–Trinajstić information content (AvgIpc) is 2.93. The Hall–Kier alpha value is -1.63. The summed E-state index contributed by atoms with van der Waals surface area (Å²) in [6, 6.07) is -2.31. The van der Waals surface area contributed by atoms with Gasteiger partial charge in [0.05, 0.1) is 6.04 Å². The van der Waals surface area contributed by atoms with Crippen LogP contribution in [0.4, 0.5) is 0 Å². The summed E-state index contributed by atoms with van der Waals surface area (Å²) in [5, 5.41) is 21.6. The molecular formula is C17H28N2O5. The molecule has 2 rings (SSSR count). The lowest BCUT2D eigenvalue weighted by molar-refractivity contribution is -0.151. The van der Waals surface area contributed by atoms with Crippen molar-refractivity contribution in [3.8, 4) is 0 Å². The molecule has 2 unspecified atom stereocenters. The van der Waals surface area contributed by atoms with Gasteiger partial charge >= 0.3 is 11.9 Å². The molecule has 0 bridgehead atoms. The van der Waals surface area contributed by atoms with Crippen LogP contribution < -0.4 is 5.32 Å². The Morgan fingerprint density at radius 2 is 1.88 bits per heavy atom. The molecule has 2 aliphatic rings. The lowest BCUT2D eigenvalue weighted by Crippen LogP contribution is -2.55. The number of rotatable bonds is 7. The van der Waals surface area contributed by atoms with Gasteiger partial charge in [-0.3, -0.25) is 14.9 Å². The van der Waals surface area contributed by atoms with Crippen molar-refractivity contribution in [2.24, 2.45) is 5.92 Å². The van der Waals surface area contributed by atoms with E-state index in [4.69, 9.17) is 0 Å². The molecule has 7 heteroatoms. The first-order chi connectivity index (χ1) is 11.4. The maximum Gasteiger partial charge on any atom is 0.326 e. The zero-order chi connectivity index (χ0) is 17.9. The number of hydrogen-bond acceptors (Lipinski definition) is 4. The molecule has 2 fully saturated rings. The second kappa shape index (κ2) is 7.96. The number of likely N-dealkylation sites (tertiary alicyclic amines) is 1. The third kappa shape index (κ3) is 3.88. The molecule has 1 saturated heterocycles. The number of carboxylic acid groups (broad SMARTS) is 2. The fourth-order valence-corrected chi connectivity index (χ4v) is 4.16. The predicted octanol–water partition coefficient (Wildman–Crippen LogP) is 1.46. The Bertz CT molecular complexity index is 495. The van der Waals surface area contributed by atoms with Crippen molar-refractivity contribution in [1.29, 1.82) is 0 Å².